The Labute approximate surface area is 248 Å². The normalized spacial score (nSPS) is 20.6. The van der Waals surface area contributed by atoms with Crippen LogP contribution in [-0.2, 0) is 10.5 Å². The molecule has 0 radical (unpaired) electrons. The van der Waals surface area contributed by atoms with Crippen molar-refractivity contribution in [2.45, 2.75) is 31.7 Å². The Morgan fingerprint density at radius 2 is 1.73 bits per heavy atom. The predicted octanol–water partition coefficient (Wildman–Crippen LogP) is 5.56. The van der Waals surface area contributed by atoms with Gasteiger partial charge in [0.05, 0.1) is 18.8 Å². The van der Waals surface area contributed by atoms with Crippen molar-refractivity contribution in [1.82, 2.24) is 15.1 Å². The highest BCUT2D eigenvalue weighted by atomic mass is 35.5. The molecule has 9 nitrogen and oxygen atoms in total. The highest BCUT2D eigenvalue weighted by Gasteiger charge is 2.72. The Kier molecular flexibility index (Phi) is 8.02. The molecule has 0 spiro atoms. The fourth-order valence-corrected chi connectivity index (χ4v) is 5.34. The lowest BCUT2D eigenvalue weighted by atomic mass is 9.98. The van der Waals surface area contributed by atoms with Gasteiger partial charge >= 0.3 is 6.09 Å². The smallest absolute Gasteiger partial charge is 0.407 e. The van der Waals surface area contributed by atoms with Gasteiger partial charge in [0, 0.05) is 34.8 Å². The molecule has 0 saturated carbocycles. The van der Waals surface area contributed by atoms with Crippen LogP contribution >= 0.6 is 23.2 Å². The van der Waals surface area contributed by atoms with E-state index in [0.717, 1.165) is 43.9 Å². The van der Waals surface area contributed by atoms with Gasteiger partial charge in [-0.3, -0.25) is 9.69 Å². The zero-order valence-corrected chi connectivity index (χ0v) is 24.3. The second-order valence-electron chi connectivity index (χ2n) is 10.1. The summed E-state index contributed by atoms with van der Waals surface area (Å²) in [6.45, 7) is 4.80. The first-order valence-corrected chi connectivity index (χ1v) is 13.9. The van der Waals surface area contributed by atoms with E-state index in [-0.39, 0.29) is 24.6 Å². The van der Waals surface area contributed by atoms with E-state index < -0.39 is 11.8 Å². The Morgan fingerprint density at radius 1 is 1.07 bits per heavy atom. The van der Waals surface area contributed by atoms with Crippen molar-refractivity contribution >= 4 is 41.0 Å². The molecule has 3 aliphatic rings. The molecule has 0 aliphatic carbocycles. The van der Waals surface area contributed by atoms with Crippen molar-refractivity contribution in [3.63, 3.8) is 0 Å². The molecule has 2 fully saturated rings. The van der Waals surface area contributed by atoms with Crippen LogP contribution in [0.2, 0.25) is 10.0 Å². The number of rotatable bonds is 6. The van der Waals surface area contributed by atoms with Crippen LogP contribution in [0.4, 0.5) is 4.79 Å². The number of nitrogens with one attached hydrogen (secondary N) is 1. The highest BCUT2D eigenvalue weighted by Crippen LogP contribution is 2.68. The Bertz CT molecular complexity index is 1480. The second-order valence-corrected chi connectivity index (χ2v) is 10.9. The van der Waals surface area contributed by atoms with Gasteiger partial charge in [0.15, 0.2) is 5.66 Å². The molecule has 2 N–H and O–H groups in total. The van der Waals surface area contributed by atoms with Gasteiger partial charge in [-0.05, 0) is 55.8 Å². The van der Waals surface area contributed by atoms with Crippen LogP contribution < -0.4 is 14.8 Å². The van der Waals surface area contributed by atoms with Crippen molar-refractivity contribution < 1.29 is 24.2 Å². The van der Waals surface area contributed by atoms with Gasteiger partial charge in [-0.1, -0.05) is 47.5 Å². The summed E-state index contributed by atoms with van der Waals surface area (Å²) in [5.74, 6) is 2.20. The van der Waals surface area contributed by atoms with E-state index in [9.17, 15) is 9.59 Å². The standard InChI is InChI=1S/C25H22Cl2N2O2.C5H8N2O3/c1-15(2)31-22-14-20(30-3)12-13-21(22)24-28-25(17-6-10-19(27)11-7-17)23(29(24)25)16-4-8-18(26)9-5-16;8-4-3-7(5(9)10)2-1-6-4/h4-15,23H,1-3H3;1-3H2,(H,6,8)(H,9,10). The van der Waals surface area contributed by atoms with E-state index in [1.807, 2.05) is 68.4 Å². The minimum Gasteiger partial charge on any atom is -0.497 e. The molecular weight excluding hydrogens is 567 g/mol. The van der Waals surface area contributed by atoms with Gasteiger partial charge in [0.25, 0.3) is 0 Å². The molecule has 2 atom stereocenters. The summed E-state index contributed by atoms with van der Waals surface area (Å²) in [4.78, 5) is 29.4. The third-order valence-electron chi connectivity index (χ3n) is 7.00. The number of amidine groups is 1. The number of benzene rings is 3. The van der Waals surface area contributed by atoms with Crippen LogP contribution in [0, 0.1) is 0 Å². The predicted molar refractivity (Wildman–Crippen MR) is 157 cm³/mol. The average Bonchev–Trinajstić information content (AvgIpc) is 3.48. The number of methoxy groups -OCH3 is 1. The summed E-state index contributed by atoms with van der Waals surface area (Å²) in [5.41, 5.74) is 2.80. The number of piperazine rings is 1. The minimum atomic E-state index is -1.03. The molecule has 41 heavy (non-hydrogen) atoms. The summed E-state index contributed by atoms with van der Waals surface area (Å²) in [5, 5.41) is 12.4. The highest BCUT2D eigenvalue weighted by molar-refractivity contribution is 6.30. The van der Waals surface area contributed by atoms with Gasteiger partial charge in [0.1, 0.15) is 29.9 Å². The number of hydrogen-bond acceptors (Lipinski definition) is 6. The van der Waals surface area contributed by atoms with E-state index in [4.69, 9.17) is 42.8 Å². The number of nitrogens with zero attached hydrogens (tertiary/aromatic N) is 3. The van der Waals surface area contributed by atoms with E-state index in [1.165, 1.54) is 0 Å². The van der Waals surface area contributed by atoms with Crippen LogP contribution in [0.25, 0.3) is 0 Å². The Morgan fingerprint density at radius 3 is 2.29 bits per heavy atom. The van der Waals surface area contributed by atoms with Gasteiger partial charge < -0.3 is 24.8 Å². The van der Waals surface area contributed by atoms with Gasteiger partial charge in [-0.25, -0.2) is 9.79 Å². The number of carbonyl (C=O) groups excluding carboxylic acids is 1. The number of aliphatic imine (C=N–C) groups is 1. The van der Waals surface area contributed by atoms with Crippen LogP contribution in [0.5, 0.6) is 11.5 Å². The van der Waals surface area contributed by atoms with Crippen molar-refractivity contribution in [3.05, 3.63) is 93.5 Å². The maximum absolute atomic E-state index is 10.6. The number of carbonyl (C=O) groups is 2. The van der Waals surface area contributed by atoms with Crippen LogP contribution in [0.15, 0.2) is 71.7 Å². The summed E-state index contributed by atoms with van der Waals surface area (Å²) in [6, 6.07) is 21.9. The first-order chi connectivity index (χ1) is 19.6. The fourth-order valence-electron chi connectivity index (χ4n) is 5.09. The van der Waals surface area contributed by atoms with Gasteiger partial charge in [-0.15, -0.1) is 0 Å². The number of halogens is 2. The largest absolute Gasteiger partial charge is 0.497 e. The second kappa shape index (κ2) is 11.5. The molecule has 0 bridgehead atoms. The fraction of sp³-hybridized carbons (Fsp3) is 0.300. The van der Waals surface area contributed by atoms with E-state index >= 15 is 0 Å². The van der Waals surface area contributed by atoms with Crippen LogP contribution in [0.1, 0.15) is 36.6 Å². The maximum atomic E-state index is 10.6. The average molecular weight is 597 g/mol. The molecule has 3 aromatic rings. The zero-order valence-electron chi connectivity index (χ0n) is 22.8. The molecule has 3 aromatic carbocycles. The van der Waals surface area contributed by atoms with E-state index in [1.54, 1.807) is 7.11 Å². The lowest BCUT2D eigenvalue weighted by Crippen LogP contribution is -2.49. The summed E-state index contributed by atoms with van der Waals surface area (Å²) < 4.78 is 11.5. The Balaban J connectivity index is 0.000000287. The molecule has 11 heteroatoms. The number of carboxylic acid groups (broad SMARTS) is 1. The third kappa shape index (κ3) is 5.64. The summed E-state index contributed by atoms with van der Waals surface area (Å²) >= 11 is 12.3. The molecule has 2 unspecified atom stereocenters. The number of amides is 2. The van der Waals surface area contributed by atoms with Crippen LogP contribution in [0.3, 0.4) is 0 Å². The summed E-state index contributed by atoms with van der Waals surface area (Å²) in [7, 11) is 1.65. The van der Waals surface area contributed by atoms with Crippen molar-refractivity contribution in [1.29, 1.82) is 0 Å². The lowest BCUT2D eigenvalue weighted by Gasteiger charge is -2.27. The lowest BCUT2D eigenvalue weighted by molar-refractivity contribution is -0.123. The molecule has 3 heterocycles. The van der Waals surface area contributed by atoms with E-state index in [2.05, 4.69) is 22.3 Å². The monoisotopic (exact) mass is 596 g/mol. The summed E-state index contributed by atoms with van der Waals surface area (Å²) in [6.07, 6.45) is -0.997. The Hall–Kier alpha value is -3.95. The SMILES string of the molecule is COc1ccc(C2=NC3(c4ccc(Cl)cc4)C(c4ccc(Cl)cc4)N23)c(OC(C)C)c1.O=C1CN(C(=O)O)CCN1. The number of hydrogen-bond donors (Lipinski definition) is 2. The third-order valence-corrected chi connectivity index (χ3v) is 7.50. The van der Waals surface area contributed by atoms with Crippen LogP contribution in [-0.4, -0.2) is 65.6 Å². The molecular formula is C30H30Cl2N4O5. The molecule has 0 aromatic heterocycles. The number of fused-ring (bicyclic) bond motifs is 1. The molecule has 6 rings (SSSR count). The van der Waals surface area contributed by atoms with Gasteiger partial charge in [0.2, 0.25) is 5.91 Å². The minimum absolute atomic E-state index is 0.0324. The first-order valence-electron chi connectivity index (χ1n) is 13.1. The molecule has 3 aliphatic heterocycles. The zero-order chi connectivity index (χ0) is 29.3. The van der Waals surface area contributed by atoms with Gasteiger partial charge in [-0.2, -0.15) is 0 Å². The molecule has 2 amide bonds. The van der Waals surface area contributed by atoms with Crippen molar-refractivity contribution in [2.75, 3.05) is 26.7 Å². The first kappa shape index (κ1) is 28.6. The molecule has 214 valence electrons. The topological polar surface area (TPSA) is 103 Å². The van der Waals surface area contributed by atoms with E-state index in [0.29, 0.717) is 18.1 Å². The van der Waals surface area contributed by atoms with Crippen molar-refractivity contribution in [2.24, 2.45) is 4.99 Å². The number of ether oxygens (including phenoxy) is 2. The van der Waals surface area contributed by atoms with Crippen molar-refractivity contribution in [3.8, 4) is 11.5 Å². The quantitative estimate of drug-likeness (QED) is 0.361. The molecule has 2 saturated heterocycles. The maximum Gasteiger partial charge on any atom is 0.407 e.